The molecule has 0 spiro atoms. The molecule has 1 nitrogen and oxygen atoms in total. The molecule has 110 valence electrons. The summed E-state index contributed by atoms with van der Waals surface area (Å²) in [5.41, 5.74) is 2.90. The van der Waals surface area contributed by atoms with Crippen LogP contribution in [0.1, 0.15) is 63.0 Å². The lowest BCUT2D eigenvalue weighted by Crippen LogP contribution is -2.34. The average Bonchev–Trinajstić information content (AvgIpc) is 2.49. The highest BCUT2D eigenvalue weighted by Crippen LogP contribution is 2.42. The van der Waals surface area contributed by atoms with Crippen molar-refractivity contribution >= 4 is 0 Å². The molecule has 1 saturated carbocycles. The molecule has 1 heteroatoms. The van der Waals surface area contributed by atoms with Gasteiger partial charge in [0.25, 0.3) is 0 Å². The molecule has 2 aliphatic carbocycles. The van der Waals surface area contributed by atoms with E-state index >= 15 is 0 Å². The highest BCUT2D eigenvalue weighted by molar-refractivity contribution is 5.33. The van der Waals surface area contributed by atoms with E-state index in [4.69, 9.17) is 0 Å². The van der Waals surface area contributed by atoms with E-state index in [9.17, 15) is 5.11 Å². The van der Waals surface area contributed by atoms with E-state index < -0.39 is 0 Å². The fraction of sp³-hybridized carbons (Fsp3) is 0.684. The van der Waals surface area contributed by atoms with Gasteiger partial charge in [-0.2, -0.15) is 0 Å². The van der Waals surface area contributed by atoms with Gasteiger partial charge in [-0.3, -0.25) is 0 Å². The largest absolute Gasteiger partial charge is 0.392 e. The van der Waals surface area contributed by atoms with Crippen LogP contribution in [-0.2, 0) is 6.42 Å². The van der Waals surface area contributed by atoms with Crippen LogP contribution in [0.2, 0.25) is 0 Å². The van der Waals surface area contributed by atoms with Crippen LogP contribution in [0.4, 0.5) is 0 Å². The Kier molecular flexibility index (Phi) is 4.16. The zero-order chi connectivity index (χ0) is 14.1. The summed E-state index contributed by atoms with van der Waals surface area (Å²) in [6, 6.07) is 8.77. The van der Waals surface area contributed by atoms with Crippen LogP contribution in [0.25, 0.3) is 0 Å². The molecule has 0 amide bonds. The lowest BCUT2D eigenvalue weighted by molar-refractivity contribution is 0.0326. The molecule has 20 heavy (non-hydrogen) atoms. The first kappa shape index (κ1) is 14.1. The second-order valence-electron chi connectivity index (χ2n) is 7.22. The standard InChI is InChI=1S/C19H28O/c1-13-10-11-16(12-14(13)2)19(20)18-9-5-7-15-6-3-4-8-17(15)18/h3-4,6,8,13-14,16,18-20H,5,7,9-12H2,1-2H3. The van der Waals surface area contributed by atoms with Gasteiger partial charge in [-0.25, -0.2) is 0 Å². The van der Waals surface area contributed by atoms with Gasteiger partial charge in [0, 0.05) is 5.92 Å². The van der Waals surface area contributed by atoms with E-state index in [2.05, 4.69) is 38.1 Å². The molecule has 0 heterocycles. The number of hydrogen-bond acceptors (Lipinski definition) is 1. The average molecular weight is 272 g/mol. The predicted octanol–water partition coefficient (Wildman–Crippen LogP) is 4.54. The molecular weight excluding hydrogens is 244 g/mol. The van der Waals surface area contributed by atoms with Crippen molar-refractivity contribution in [3.8, 4) is 0 Å². The second kappa shape index (κ2) is 5.89. The zero-order valence-electron chi connectivity index (χ0n) is 12.9. The summed E-state index contributed by atoms with van der Waals surface area (Å²) < 4.78 is 0. The first-order valence-electron chi connectivity index (χ1n) is 8.42. The molecule has 0 bridgehead atoms. The molecule has 5 unspecified atom stereocenters. The summed E-state index contributed by atoms with van der Waals surface area (Å²) in [6.45, 7) is 4.72. The third kappa shape index (κ3) is 2.65. The van der Waals surface area contributed by atoms with Gasteiger partial charge in [0.2, 0.25) is 0 Å². The van der Waals surface area contributed by atoms with Crippen LogP contribution in [0.3, 0.4) is 0 Å². The Labute approximate surface area is 123 Å². The molecule has 1 fully saturated rings. The lowest BCUT2D eigenvalue weighted by Gasteiger charge is -2.39. The fourth-order valence-electron chi connectivity index (χ4n) is 4.37. The maximum absolute atomic E-state index is 10.9. The van der Waals surface area contributed by atoms with Gasteiger partial charge in [0.05, 0.1) is 6.10 Å². The van der Waals surface area contributed by atoms with E-state index in [1.165, 1.54) is 49.7 Å². The molecule has 5 atom stereocenters. The topological polar surface area (TPSA) is 20.2 Å². The highest BCUT2D eigenvalue weighted by Gasteiger charge is 2.35. The Morgan fingerprint density at radius 3 is 2.65 bits per heavy atom. The fourth-order valence-corrected chi connectivity index (χ4v) is 4.37. The van der Waals surface area contributed by atoms with Crippen molar-refractivity contribution < 1.29 is 5.11 Å². The maximum Gasteiger partial charge on any atom is 0.0637 e. The van der Waals surface area contributed by atoms with Crippen molar-refractivity contribution in [1.29, 1.82) is 0 Å². The number of aryl methyl sites for hydroxylation is 1. The summed E-state index contributed by atoms with van der Waals surface area (Å²) in [5, 5.41) is 10.9. The number of fused-ring (bicyclic) bond motifs is 1. The van der Waals surface area contributed by atoms with Gasteiger partial charge < -0.3 is 5.11 Å². The summed E-state index contributed by atoms with van der Waals surface area (Å²) in [7, 11) is 0. The third-order valence-corrected chi connectivity index (χ3v) is 5.95. The van der Waals surface area contributed by atoms with E-state index in [0.29, 0.717) is 11.8 Å². The maximum atomic E-state index is 10.9. The predicted molar refractivity (Wildman–Crippen MR) is 83.8 cm³/mol. The molecule has 1 N–H and O–H groups in total. The minimum Gasteiger partial charge on any atom is -0.392 e. The first-order chi connectivity index (χ1) is 9.66. The van der Waals surface area contributed by atoms with Crippen LogP contribution >= 0.6 is 0 Å². The molecule has 1 aromatic rings. The lowest BCUT2D eigenvalue weighted by atomic mass is 9.68. The number of aliphatic hydroxyl groups excluding tert-OH is 1. The van der Waals surface area contributed by atoms with Crippen molar-refractivity contribution in [2.45, 2.75) is 64.4 Å². The van der Waals surface area contributed by atoms with Crippen LogP contribution in [0, 0.1) is 17.8 Å². The number of aliphatic hydroxyl groups is 1. The summed E-state index contributed by atoms with van der Waals surface area (Å²) in [6.07, 6.45) is 7.17. The van der Waals surface area contributed by atoms with Crippen LogP contribution < -0.4 is 0 Å². The van der Waals surface area contributed by atoms with Crippen molar-refractivity contribution in [3.05, 3.63) is 35.4 Å². The minimum absolute atomic E-state index is 0.133. The summed E-state index contributed by atoms with van der Waals surface area (Å²) in [5.74, 6) is 2.49. The highest BCUT2D eigenvalue weighted by atomic mass is 16.3. The third-order valence-electron chi connectivity index (χ3n) is 5.95. The van der Waals surface area contributed by atoms with Gasteiger partial charge >= 0.3 is 0 Å². The normalized spacial score (nSPS) is 35.4. The summed E-state index contributed by atoms with van der Waals surface area (Å²) >= 11 is 0. The molecule has 0 saturated heterocycles. The minimum atomic E-state index is -0.133. The van der Waals surface area contributed by atoms with E-state index in [1.807, 2.05) is 0 Å². The zero-order valence-corrected chi connectivity index (χ0v) is 12.9. The molecule has 3 rings (SSSR count). The van der Waals surface area contributed by atoms with Crippen molar-refractivity contribution in [1.82, 2.24) is 0 Å². The number of rotatable bonds is 2. The van der Waals surface area contributed by atoms with E-state index in [0.717, 1.165) is 11.8 Å². The summed E-state index contributed by atoms with van der Waals surface area (Å²) in [4.78, 5) is 0. The molecule has 0 aromatic heterocycles. The first-order valence-corrected chi connectivity index (χ1v) is 8.42. The Morgan fingerprint density at radius 2 is 1.85 bits per heavy atom. The Morgan fingerprint density at radius 1 is 1.05 bits per heavy atom. The van der Waals surface area contributed by atoms with Gasteiger partial charge in [0.15, 0.2) is 0 Å². The number of benzene rings is 1. The molecule has 0 radical (unpaired) electrons. The van der Waals surface area contributed by atoms with Crippen LogP contribution in [0.5, 0.6) is 0 Å². The Hall–Kier alpha value is -0.820. The molecule has 2 aliphatic rings. The SMILES string of the molecule is CC1CCC(C(O)C2CCCc3ccccc32)CC1C. The van der Waals surface area contributed by atoms with Crippen LogP contribution in [0.15, 0.2) is 24.3 Å². The van der Waals surface area contributed by atoms with E-state index in [1.54, 1.807) is 0 Å². The Bertz CT molecular complexity index is 453. The molecule has 1 aromatic carbocycles. The number of hydrogen-bond donors (Lipinski definition) is 1. The second-order valence-corrected chi connectivity index (χ2v) is 7.22. The Balaban J connectivity index is 1.76. The van der Waals surface area contributed by atoms with Gasteiger partial charge in [-0.15, -0.1) is 0 Å². The molecule has 0 aliphatic heterocycles. The van der Waals surface area contributed by atoms with Gasteiger partial charge in [-0.1, -0.05) is 44.5 Å². The van der Waals surface area contributed by atoms with E-state index in [-0.39, 0.29) is 6.10 Å². The molecular formula is C19H28O. The van der Waals surface area contributed by atoms with Crippen molar-refractivity contribution in [2.24, 2.45) is 17.8 Å². The van der Waals surface area contributed by atoms with Crippen LogP contribution in [-0.4, -0.2) is 11.2 Å². The quantitative estimate of drug-likeness (QED) is 0.838. The van der Waals surface area contributed by atoms with Gasteiger partial charge in [0.1, 0.15) is 0 Å². The van der Waals surface area contributed by atoms with Gasteiger partial charge in [-0.05, 0) is 61.0 Å². The van der Waals surface area contributed by atoms with Crippen molar-refractivity contribution in [2.75, 3.05) is 0 Å². The monoisotopic (exact) mass is 272 g/mol. The smallest absolute Gasteiger partial charge is 0.0637 e. The van der Waals surface area contributed by atoms with Crippen molar-refractivity contribution in [3.63, 3.8) is 0 Å².